The zero-order valence-corrected chi connectivity index (χ0v) is 7.54. The molecule has 6 heteroatoms. The lowest BCUT2D eigenvalue weighted by Crippen LogP contribution is -2.44. The summed E-state index contributed by atoms with van der Waals surface area (Å²) in [6.07, 6.45) is 0.709. The Hall–Kier alpha value is -1.14. The summed E-state index contributed by atoms with van der Waals surface area (Å²) >= 11 is 0. The highest BCUT2D eigenvalue weighted by atomic mass is 16.3. The molecule has 0 rings (SSSR count). The third-order valence-electron chi connectivity index (χ3n) is 1.53. The molecular formula is C7H15N3O3. The Bertz CT molecular complexity index is 180. The van der Waals surface area contributed by atoms with E-state index in [9.17, 15) is 9.59 Å². The molecule has 0 saturated heterocycles. The highest BCUT2D eigenvalue weighted by Gasteiger charge is 2.07. The monoisotopic (exact) mass is 189 g/mol. The van der Waals surface area contributed by atoms with Crippen molar-refractivity contribution in [2.24, 2.45) is 5.73 Å². The first-order valence-electron chi connectivity index (χ1n) is 4.03. The van der Waals surface area contributed by atoms with E-state index in [4.69, 9.17) is 10.8 Å². The Labute approximate surface area is 76.5 Å². The van der Waals surface area contributed by atoms with E-state index in [0.29, 0.717) is 6.42 Å². The van der Waals surface area contributed by atoms with Crippen LogP contribution in [0, 0.1) is 0 Å². The third kappa shape index (κ3) is 6.06. The fourth-order valence-corrected chi connectivity index (χ4v) is 0.757. The zero-order chi connectivity index (χ0) is 10.3. The van der Waals surface area contributed by atoms with Crippen LogP contribution in [0.3, 0.4) is 0 Å². The van der Waals surface area contributed by atoms with Crippen molar-refractivity contribution in [2.45, 2.75) is 19.4 Å². The number of imide groups is 1. The van der Waals surface area contributed by atoms with Gasteiger partial charge in [-0.25, -0.2) is 4.79 Å². The van der Waals surface area contributed by atoms with Crippen LogP contribution in [0.15, 0.2) is 0 Å². The molecule has 1 unspecified atom stereocenters. The Morgan fingerprint density at radius 1 is 1.54 bits per heavy atom. The molecule has 0 heterocycles. The topological polar surface area (TPSA) is 104 Å². The molecule has 1 atom stereocenters. The first-order valence-corrected chi connectivity index (χ1v) is 4.03. The number of amides is 3. The number of rotatable bonds is 5. The molecule has 0 aliphatic carbocycles. The number of carbonyl (C=O) groups is 2. The summed E-state index contributed by atoms with van der Waals surface area (Å²) < 4.78 is 0. The van der Waals surface area contributed by atoms with Crippen molar-refractivity contribution in [2.75, 3.05) is 13.2 Å². The lowest BCUT2D eigenvalue weighted by molar-refractivity contribution is -0.119. The van der Waals surface area contributed by atoms with Crippen molar-refractivity contribution < 1.29 is 14.7 Å². The highest BCUT2D eigenvalue weighted by molar-refractivity contribution is 5.94. The summed E-state index contributed by atoms with van der Waals surface area (Å²) in [7, 11) is 0. The van der Waals surface area contributed by atoms with Crippen molar-refractivity contribution in [1.82, 2.24) is 10.6 Å². The van der Waals surface area contributed by atoms with E-state index in [1.165, 1.54) is 0 Å². The molecule has 3 amide bonds. The van der Waals surface area contributed by atoms with Crippen molar-refractivity contribution in [3.8, 4) is 0 Å². The second kappa shape index (κ2) is 6.38. The van der Waals surface area contributed by atoms with E-state index in [1.807, 2.05) is 12.2 Å². The number of primary amides is 1. The summed E-state index contributed by atoms with van der Waals surface area (Å²) in [5, 5.41) is 13.4. The summed E-state index contributed by atoms with van der Waals surface area (Å²) in [5.74, 6) is -0.501. The summed E-state index contributed by atoms with van der Waals surface area (Å²) in [5.41, 5.74) is 4.72. The van der Waals surface area contributed by atoms with E-state index in [-0.39, 0.29) is 19.2 Å². The van der Waals surface area contributed by atoms with Gasteiger partial charge in [0.1, 0.15) is 0 Å². The maximum absolute atomic E-state index is 10.8. The van der Waals surface area contributed by atoms with Gasteiger partial charge in [0.25, 0.3) is 0 Å². The van der Waals surface area contributed by atoms with Gasteiger partial charge in [0, 0.05) is 6.04 Å². The molecule has 0 aromatic carbocycles. The van der Waals surface area contributed by atoms with Crippen molar-refractivity contribution in [3.05, 3.63) is 0 Å². The number of urea groups is 1. The van der Waals surface area contributed by atoms with Gasteiger partial charge in [0.15, 0.2) is 0 Å². The Kier molecular flexibility index (Phi) is 5.82. The molecule has 5 N–H and O–H groups in total. The van der Waals surface area contributed by atoms with Crippen LogP contribution in [0.5, 0.6) is 0 Å². The fraction of sp³-hybridized carbons (Fsp3) is 0.714. The van der Waals surface area contributed by atoms with E-state index in [0.717, 1.165) is 0 Å². The minimum Gasteiger partial charge on any atom is -0.395 e. The van der Waals surface area contributed by atoms with Crippen molar-refractivity contribution >= 4 is 11.9 Å². The second-order valence-electron chi connectivity index (χ2n) is 2.58. The van der Waals surface area contributed by atoms with Crippen LogP contribution < -0.4 is 16.4 Å². The minimum absolute atomic E-state index is 0.0258. The predicted molar refractivity (Wildman–Crippen MR) is 46.9 cm³/mol. The van der Waals surface area contributed by atoms with Gasteiger partial charge >= 0.3 is 6.03 Å². The number of aliphatic hydroxyl groups is 1. The number of hydrogen-bond acceptors (Lipinski definition) is 4. The number of hydrogen-bond donors (Lipinski definition) is 4. The second-order valence-corrected chi connectivity index (χ2v) is 2.58. The van der Waals surface area contributed by atoms with Gasteiger partial charge < -0.3 is 16.2 Å². The number of nitrogens with one attached hydrogen (secondary N) is 2. The molecule has 6 nitrogen and oxygen atoms in total. The highest BCUT2D eigenvalue weighted by Crippen LogP contribution is 1.86. The van der Waals surface area contributed by atoms with Crippen LogP contribution >= 0.6 is 0 Å². The van der Waals surface area contributed by atoms with E-state index in [1.54, 1.807) is 0 Å². The van der Waals surface area contributed by atoms with Gasteiger partial charge in [-0.2, -0.15) is 0 Å². The Morgan fingerprint density at radius 3 is 2.54 bits per heavy atom. The van der Waals surface area contributed by atoms with Crippen LogP contribution in [0.4, 0.5) is 4.79 Å². The largest absolute Gasteiger partial charge is 0.395 e. The average Bonchev–Trinajstić information content (AvgIpc) is 2.05. The fourth-order valence-electron chi connectivity index (χ4n) is 0.757. The van der Waals surface area contributed by atoms with Crippen LogP contribution in [-0.4, -0.2) is 36.2 Å². The molecule has 76 valence electrons. The molecule has 0 spiro atoms. The molecule has 0 aromatic rings. The minimum atomic E-state index is -0.871. The standard InChI is InChI=1S/C7H15N3O3/c1-2-5(4-11)9-3-6(12)10-7(8)13/h5,9,11H,2-4H2,1H3,(H3,8,10,12,13). The van der Waals surface area contributed by atoms with Gasteiger partial charge in [0.2, 0.25) is 5.91 Å². The van der Waals surface area contributed by atoms with Gasteiger partial charge in [-0.3, -0.25) is 10.1 Å². The van der Waals surface area contributed by atoms with Crippen LogP contribution in [0.1, 0.15) is 13.3 Å². The van der Waals surface area contributed by atoms with E-state index >= 15 is 0 Å². The molecule has 0 aromatic heterocycles. The number of carbonyl (C=O) groups excluding carboxylic acids is 2. The quantitative estimate of drug-likeness (QED) is 0.424. The summed E-state index contributed by atoms with van der Waals surface area (Å²) in [6, 6.07) is -0.998. The maximum atomic E-state index is 10.8. The van der Waals surface area contributed by atoms with Gasteiger partial charge in [-0.15, -0.1) is 0 Å². The molecule has 13 heavy (non-hydrogen) atoms. The number of aliphatic hydroxyl groups excluding tert-OH is 1. The lowest BCUT2D eigenvalue weighted by Gasteiger charge is -2.12. The molecular weight excluding hydrogens is 174 g/mol. The molecule has 0 aliphatic rings. The van der Waals surface area contributed by atoms with E-state index in [2.05, 4.69) is 5.32 Å². The van der Waals surface area contributed by atoms with Crippen molar-refractivity contribution in [3.63, 3.8) is 0 Å². The van der Waals surface area contributed by atoms with Crippen LogP contribution in [0.2, 0.25) is 0 Å². The Morgan fingerprint density at radius 2 is 2.15 bits per heavy atom. The molecule has 0 saturated carbocycles. The predicted octanol–water partition coefficient (Wildman–Crippen LogP) is -1.46. The van der Waals surface area contributed by atoms with Crippen molar-refractivity contribution in [1.29, 1.82) is 0 Å². The van der Waals surface area contributed by atoms with Crippen LogP contribution in [-0.2, 0) is 4.79 Å². The number of nitrogens with two attached hydrogens (primary N) is 1. The SMILES string of the molecule is CCC(CO)NCC(=O)NC(N)=O. The first kappa shape index (κ1) is 11.9. The van der Waals surface area contributed by atoms with Crippen LogP contribution in [0.25, 0.3) is 0 Å². The third-order valence-corrected chi connectivity index (χ3v) is 1.53. The Balaban J connectivity index is 3.62. The lowest BCUT2D eigenvalue weighted by atomic mass is 10.2. The first-order chi connectivity index (χ1) is 6.10. The molecule has 0 bridgehead atoms. The molecule has 0 radical (unpaired) electrons. The zero-order valence-electron chi connectivity index (χ0n) is 7.54. The average molecular weight is 189 g/mol. The van der Waals surface area contributed by atoms with E-state index < -0.39 is 11.9 Å². The normalized spacial score (nSPS) is 12.2. The van der Waals surface area contributed by atoms with Gasteiger partial charge in [-0.1, -0.05) is 6.92 Å². The molecule has 0 fully saturated rings. The summed E-state index contributed by atoms with van der Waals surface area (Å²) in [4.78, 5) is 21.0. The van der Waals surface area contributed by atoms with Gasteiger partial charge in [0.05, 0.1) is 13.2 Å². The van der Waals surface area contributed by atoms with Gasteiger partial charge in [-0.05, 0) is 6.42 Å². The maximum Gasteiger partial charge on any atom is 0.318 e. The molecule has 0 aliphatic heterocycles. The smallest absolute Gasteiger partial charge is 0.318 e. The summed E-state index contributed by atoms with van der Waals surface area (Å²) in [6.45, 7) is 1.81.